The van der Waals surface area contributed by atoms with E-state index in [0.29, 0.717) is 25.1 Å². The molecule has 1 atom stereocenters. The Morgan fingerprint density at radius 3 is 2.30 bits per heavy atom. The standard InChI is InChI=1S/C22H26N2O3/c1-16(25)17-5-7-18(8-6-17)19-9-11-20(12-10-19)22(27)23-13-15-24-14-3-2-4-21(24)26/h5-12,16,25H,2-4,13-15H2,1H3,(H,23,27)/t16-/m1/s1. The van der Waals surface area contributed by atoms with Crippen molar-refractivity contribution >= 4 is 11.8 Å². The molecule has 1 aliphatic heterocycles. The third-order valence-electron chi connectivity index (χ3n) is 4.96. The Labute approximate surface area is 160 Å². The molecule has 2 aromatic rings. The largest absolute Gasteiger partial charge is 0.389 e. The Balaban J connectivity index is 1.54. The number of benzene rings is 2. The topological polar surface area (TPSA) is 69.6 Å². The summed E-state index contributed by atoms with van der Waals surface area (Å²) in [6.07, 6.45) is 2.15. The van der Waals surface area contributed by atoms with Crippen LogP contribution in [0.5, 0.6) is 0 Å². The lowest BCUT2D eigenvalue weighted by Crippen LogP contribution is -2.41. The van der Waals surface area contributed by atoms with Crippen molar-refractivity contribution in [1.82, 2.24) is 10.2 Å². The van der Waals surface area contributed by atoms with Crippen LogP contribution < -0.4 is 5.32 Å². The van der Waals surface area contributed by atoms with Crippen LogP contribution in [0.25, 0.3) is 11.1 Å². The van der Waals surface area contributed by atoms with Crippen molar-refractivity contribution in [2.45, 2.75) is 32.3 Å². The predicted molar refractivity (Wildman–Crippen MR) is 105 cm³/mol. The Bertz CT molecular complexity index is 782. The minimum absolute atomic E-state index is 0.129. The second kappa shape index (κ2) is 8.82. The van der Waals surface area contributed by atoms with E-state index in [4.69, 9.17) is 0 Å². The smallest absolute Gasteiger partial charge is 0.251 e. The molecule has 0 aliphatic carbocycles. The van der Waals surface area contributed by atoms with Crippen molar-refractivity contribution in [3.8, 4) is 11.1 Å². The van der Waals surface area contributed by atoms with E-state index < -0.39 is 6.10 Å². The highest BCUT2D eigenvalue weighted by atomic mass is 16.3. The summed E-state index contributed by atoms with van der Waals surface area (Å²) in [5, 5.41) is 12.5. The number of hydrogen-bond acceptors (Lipinski definition) is 3. The predicted octanol–water partition coefficient (Wildman–Crippen LogP) is 3.15. The van der Waals surface area contributed by atoms with Crippen LogP contribution in [-0.4, -0.2) is 41.5 Å². The molecule has 0 saturated carbocycles. The number of likely N-dealkylation sites (tertiary alicyclic amines) is 1. The summed E-state index contributed by atoms with van der Waals surface area (Å²) < 4.78 is 0. The number of hydrogen-bond donors (Lipinski definition) is 2. The lowest BCUT2D eigenvalue weighted by molar-refractivity contribution is -0.133. The zero-order valence-corrected chi connectivity index (χ0v) is 15.6. The third-order valence-corrected chi connectivity index (χ3v) is 4.96. The Morgan fingerprint density at radius 1 is 1.07 bits per heavy atom. The maximum atomic E-state index is 12.3. The minimum Gasteiger partial charge on any atom is -0.389 e. The van der Waals surface area contributed by atoms with Gasteiger partial charge in [0.25, 0.3) is 5.91 Å². The average Bonchev–Trinajstić information content (AvgIpc) is 2.69. The maximum absolute atomic E-state index is 12.3. The van der Waals surface area contributed by atoms with Gasteiger partial charge in [0, 0.05) is 31.6 Å². The number of nitrogens with zero attached hydrogens (tertiary/aromatic N) is 1. The fourth-order valence-corrected chi connectivity index (χ4v) is 3.27. The average molecular weight is 366 g/mol. The van der Waals surface area contributed by atoms with Gasteiger partial charge in [0.1, 0.15) is 0 Å². The number of amides is 2. The number of carbonyl (C=O) groups excluding carboxylic acids is 2. The zero-order chi connectivity index (χ0) is 19.2. The normalized spacial score (nSPS) is 15.5. The SMILES string of the molecule is C[C@@H](O)c1ccc(-c2ccc(C(=O)NCCN3CCCCC3=O)cc2)cc1. The highest BCUT2D eigenvalue weighted by Crippen LogP contribution is 2.22. The third kappa shape index (κ3) is 4.95. The second-order valence-electron chi connectivity index (χ2n) is 6.97. The van der Waals surface area contributed by atoms with E-state index in [-0.39, 0.29) is 11.8 Å². The number of carbonyl (C=O) groups is 2. The molecule has 0 spiro atoms. The van der Waals surface area contributed by atoms with Gasteiger partial charge in [-0.1, -0.05) is 36.4 Å². The van der Waals surface area contributed by atoms with Crippen molar-refractivity contribution < 1.29 is 14.7 Å². The molecular weight excluding hydrogens is 340 g/mol. The maximum Gasteiger partial charge on any atom is 0.251 e. The molecule has 3 rings (SSSR count). The summed E-state index contributed by atoms with van der Waals surface area (Å²) in [6.45, 7) is 3.56. The zero-order valence-electron chi connectivity index (χ0n) is 15.6. The summed E-state index contributed by atoms with van der Waals surface area (Å²) in [6, 6.07) is 15.2. The first kappa shape index (κ1) is 19.1. The molecule has 1 heterocycles. The van der Waals surface area contributed by atoms with Crippen LogP contribution in [0, 0.1) is 0 Å². The van der Waals surface area contributed by atoms with Gasteiger partial charge in [-0.15, -0.1) is 0 Å². The van der Waals surface area contributed by atoms with Gasteiger partial charge in [0.05, 0.1) is 6.10 Å². The van der Waals surface area contributed by atoms with Gasteiger partial charge < -0.3 is 15.3 Å². The van der Waals surface area contributed by atoms with E-state index in [2.05, 4.69) is 5.32 Å². The molecule has 1 aliphatic rings. The summed E-state index contributed by atoms with van der Waals surface area (Å²) >= 11 is 0. The highest BCUT2D eigenvalue weighted by molar-refractivity contribution is 5.94. The van der Waals surface area contributed by atoms with E-state index in [1.807, 2.05) is 41.3 Å². The number of piperidine rings is 1. The molecule has 0 radical (unpaired) electrons. The van der Waals surface area contributed by atoms with Crippen LogP contribution >= 0.6 is 0 Å². The van der Waals surface area contributed by atoms with Gasteiger partial charge in [-0.2, -0.15) is 0 Å². The molecule has 2 amide bonds. The van der Waals surface area contributed by atoms with Gasteiger partial charge in [-0.25, -0.2) is 0 Å². The molecule has 1 saturated heterocycles. The van der Waals surface area contributed by atoms with Crippen LogP contribution in [0.4, 0.5) is 0 Å². The van der Waals surface area contributed by atoms with E-state index in [1.165, 1.54) is 0 Å². The van der Waals surface area contributed by atoms with Crippen LogP contribution in [0.2, 0.25) is 0 Å². The summed E-state index contributed by atoms with van der Waals surface area (Å²) in [7, 11) is 0. The molecule has 0 aromatic heterocycles. The molecule has 0 bridgehead atoms. The van der Waals surface area contributed by atoms with Gasteiger partial charge >= 0.3 is 0 Å². The number of aliphatic hydroxyl groups is 1. The summed E-state index contributed by atoms with van der Waals surface area (Å²) in [5.74, 6) is 0.0527. The van der Waals surface area contributed by atoms with E-state index in [0.717, 1.165) is 36.1 Å². The fourth-order valence-electron chi connectivity index (χ4n) is 3.27. The van der Waals surface area contributed by atoms with Crippen molar-refractivity contribution in [3.05, 3.63) is 59.7 Å². The fraction of sp³-hybridized carbons (Fsp3) is 0.364. The van der Waals surface area contributed by atoms with Crippen molar-refractivity contribution in [2.75, 3.05) is 19.6 Å². The van der Waals surface area contributed by atoms with Crippen molar-refractivity contribution in [2.24, 2.45) is 0 Å². The first-order valence-corrected chi connectivity index (χ1v) is 9.49. The molecule has 2 N–H and O–H groups in total. The first-order valence-electron chi connectivity index (χ1n) is 9.49. The summed E-state index contributed by atoms with van der Waals surface area (Å²) in [4.78, 5) is 25.9. The van der Waals surface area contributed by atoms with E-state index in [9.17, 15) is 14.7 Å². The molecule has 2 aromatic carbocycles. The van der Waals surface area contributed by atoms with Gasteiger partial charge in [0.2, 0.25) is 5.91 Å². The molecule has 142 valence electrons. The number of rotatable bonds is 6. The molecule has 5 nitrogen and oxygen atoms in total. The molecule has 27 heavy (non-hydrogen) atoms. The summed E-state index contributed by atoms with van der Waals surface area (Å²) in [5.41, 5.74) is 3.53. The van der Waals surface area contributed by atoms with Crippen LogP contribution in [-0.2, 0) is 4.79 Å². The van der Waals surface area contributed by atoms with Gasteiger partial charge in [-0.05, 0) is 48.6 Å². The van der Waals surface area contributed by atoms with E-state index in [1.54, 1.807) is 19.1 Å². The van der Waals surface area contributed by atoms with Gasteiger partial charge in [0.15, 0.2) is 0 Å². The monoisotopic (exact) mass is 366 g/mol. The Morgan fingerprint density at radius 2 is 1.70 bits per heavy atom. The Hall–Kier alpha value is -2.66. The first-order chi connectivity index (χ1) is 13.0. The Kier molecular flexibility index (Phi) is 6.24. The quantitative estimate of drug-likeness (QED) is 0.825. The van der Waals surface area contributed by atoms with Crippen molar-refractivity contribution in [3.63, 3.8) is 0 Å². The minimum atomic E-state index is -0.481. The van der Waals surface area contributed by atoms with E-state index >= 15 is 0 Å². The lowest BCUT2D eigenvalue weighted by atomic mass is 10.0. The van der Waals surface area contributed by atoms with Crippen LogP contribution in [0.3, 0.4) is 0 Å². The van der Waals surface area contributed by atoms with Gasteiger partial charge in [-0.3, -0.25) is 9.59 Å². The second-order valence-corrected chi connectivity index (χ2v) is 6.97. The van der Waals surface area contributed by atoms with Crippen LogP contribution in [0.15, 0.2) is 48.5 Å². The molecule has 1 fully saturated rings. The number of aliphatic hydroxyl groups excluding tert-OH is 1. The highest BCUT2D eigenvalue weighted by Gasteiger charge is 2.17. The molecule has 0 unspecified atom stereocenters. The van der Waals surface area contributed by atoms with Crippen molar-refractivity contribution in [1.29, 1.82) is 0 Å². The molecular formula is C22H26N2O3. The number of nitrogens with one attached hydrogen (secondary N) is 1. The lowest BCUT2D eigenvalue weighted by Gasteiger charge is -2.26. The molecule has 5 heteroatoms. The van der Waals surface area contributed by atoms with Crippen LogP contribution in [0.1, 0.15) is 48.2 Å².